The van der Waals surface area contributed by atoms with Gasteiger partial charge < -0.3 is 0 Å². The second-order valence-electron chi connectivity index (χ2n) is 3.29. The zero-order chi connectivity index (χ0) is 11.5. The van der Waals surface area contributed by atoms with Crippen molar-refractivity contribution in [2.75, 3.05) is 13.1 Å². The summed E-state index contributed by atoms with van der Waals surface area (Å²) in [6.07, 6.45) is 1.42. The zero-order valence-corrected chi connectivity index (χ0v) is 11.2. The van der Waals surface area contributed by atoms with Gasteiger partial charge >= 0.3 is 0 Å². The first-order valence-electron chi connectivity index (χ1n) is 4.63. The van der Waals surface area contributed by atoms with Crippen LogP contribution in [0.3, 0.4) is 0 Å². The summed E-state index contributed by atoms with van der Waals surface area (Å²) >= 11 is 3.77. The molecule has 1 unspecified atom stereocenters. The molecule has 1 aliphatic heterocycles. The van der Waals surface area contributed by atoms with Crippen molar-refractivity contribution >= 4 is 33.9 Å². The van der Waals surface area contributed by atoms with E-state index in [2.05, 4.69) is 38.3 Å². The van der Waals surface area contributed by atoms with Crippen LogP contribution in [0.4, 0.5) is 0 Å². The molecule has 0 aromatic carbocycles. The quantitative estimate of drug-likeness (QED) is 0.457. The van der Waals surface area contributed by atoms with Gasteiger partial charge in [0.25, 0.3) is 0 Å². The van der Waals surface area contributed by atoms with Crippen molar-refractivity contribution in [1.82, 2.24) is 20.6 Å². The van der Waals surface area contributed by atoms with Crippen molar-refractivity contribution in [2.24, 2.45) is 0 Å². The maximum absolute atomic E-state index is 10.4. The van der Waals surface area contributed by atoms with E-state index in [1.807, 2.05) is 11.1 Å². The number of hydrogen-bond acceptors (Lipinski definition) is 6. The maximum atomic E-state index is 10.4. The van der Waals surface area contributed by atoms with E-state index < -0.39 is 11.3 Å². The van der Waals surface area contributed by atoms with E-state index >= 15 is 0 Å². The molecule has 1 atom stereocenters. The molecule has 2 rings (SSSR count). The van der Waals surface area contributed by atoms with Crippen LogP contribution in [0.5, 0.6) is 0 Å². The average molecular weight is 355 g/mol. The Bertz CT molecular complexity index is 387. The number of thiazole rings is 1. The van der Waals surface area contributed by atoms with Crippen molar-refractivity contribution in [1.29, 1.82) is 0 Å². The molecule has 1 fully saturated rings. The number of nitrogens with zero attached hydrogens (tertiary/aromatic N) is 3. The standard InChI is InChI=1S/C7H10IN5O2S/c8-6-10-3-5(16-6)4-12-2-1-9-7(12)11-13(14)15/h3,7,9,11H,1-2,4H2. The van der Waals surface area contributed by atoms with Crippen molar-refractivity contribution in [3.05, 3.63) is 24.2 Å². The lowest BCUT2D eigenvalue weighted by Crippen LogP contribution is -2.49. The Morgan fingerprint density at radius 3 is 3.31 bits per heavy atom. The third kappa shape index (κ3) is 2.99. The molecule has 0 saturated carbocycles. The Balaban J connectivity index is 1.95. The third-order valence-electron chi connectivity index (χ3n) is 2.21. The lowest BCUT2D eigenvalue weighted by Gasteiger charge is -2.19. The lowest BCUT2D eigenvalue weighted by molar-refractivity contribution is -0.556. The van der Waals surface area contributed by atoms with Gasteiger partial charge in [0.2, 0.25) is 0 Å². The van der Waals surface area contributed by atoms with Crippen molar-refractivity contribution < 1.29 is 5.03 Å². The van der Waals surface area contributed by atoms with E-state index in [0.29, 0.717) is 6.54 Å². The molecule has 88 valence electrons. The van der Waals surface area contributed by atoms with E-state index in [-0.39, 0.29) is 0 Å². The fourth-order valence-electron chi connectivity index (χ4n) is 1.56. The minimum Gasteiger partial charge on any atom is -0.279 e. The van der Waals surface area contributed by atoms with Crippen LogP contribution < -0.4 is 10.7 Å². The molecule has 1 aliphatic rings. The van der Waals surface area contributed by atoms with E-state index in [4.69, 9.17) is 0 Å². The molecular weight excluding hydrogens is 345 g/mol. The number of nitrogens with one attached hydrogen (secondary N) is 2. The molecule has 2 N–H and O–H groups in total. The summed E-state index contributed by atoms with van der Waals surface area (Å²) in [5.41, 5.74) is 2.24. The molecule has 0 spiro atoms. The number of hydrogen-bond donors (Lipinski definition) is 2. The molecule has 0 bridgehead atoms. The molecule has 1 aromatic heterocycles. The first kappa shape index (κ1) is 12.0. The van der Waals surface area contributed by atoms with Gasteiger partial charge in [-0.2, -0.15) is 0 Å². The van der Waals surface area contributed by atoms with E-state index in [1.165, 1.54) is 0 Å². The van der Waals surface area contributed by atoms with Gasteiger partial charge in [0.15, 0.2) is 14.3 Å². The second-order valence-corrected chi connectivity index (χ2v) is 6.16. The van der Waals surface area contributed by atoms with Crippen molar-refractivity contribution in [2.45, 2.75) is 12.8 Å². The Morgan fingerprint density at radius 1 is 1.88 bits per heavy atom. The Morgan fingerprint density at radius 2 is 2.69 bits per heavy atom. The lowest BCUT2D eigenvalue weighted by atomic mass is 10.5. The molecule has 1 aromatic rings. The third-order valence-corrected chi connectivity index (χ3v) is 3.92. The second kappa shape index (κ2) is 5.21. The van der Waals surface area contributed by atoms with Crippen molar-refractivity contribution in [3.63, 3.8) is 0 Å². The molecule has 2 heterocycles. The summed E-state index contributed by atoms with van der Waals surface area (Å²) in [6.45, 7) is 2.22. The minimum atomic E-state index is -0.521. The molecule has 0 aliphatic carbocycles. The Labute approximate surface area is 109 Å². The molecule has 9 heteroatoms. The van der Waals surface area contributed by atoms with Gasteiger partial charge in [0.05, 0.1) is 0 Å². The van der Waals surface area contributed by atoms with Crippen LogP contribution in [0.2, 0.25) is 0 Å². The molecular formula is C7H10IN5O2S. The number of nitro groups is 1. The number of aromatic nitrogens is 1. The average Bonchev–Trinajstić information content (AvgIpc) is 2.77. The Kier molecular flexibility index (Phi) is 3.89. The zero-order valence-electron chi connectivity index (χ0n) is 8.22. The highest BCUT2D eigenvalue weighted by atomic mass is 127. The smallest absolute Gasteiger partial charge is 0.192 e. The molecule has 16 heavy (non-hydrogen) atoms. The normalized spacial score (nSPS) is 21.2. The fraction of sp³-hybridized carbons (Fsp3) is 0.571. The predicted molar refractivity (Wildman–Crippen MR) is 67.2 cm³/mol. The molecule has 0 amide bonds. The fourth-order valence-corrected chi connectivity index (χ4v) is 3.20. The molecule has 7 nitrogen and oxygen atoms in total. The van der Waals surface area contributed by atoms with E-state index in [9.17, 15) is 10.1 Å². The van der Waals surface area contributed by atoms with Crippen LogP contribution in [0.15, 0.2) is 6.20 Å². The van der Waals surface area contributed by atoms with Crippen LogP contribution in [-0.4, -0.2) is 34.3 Å². The van der Waals surface area contributed by atoms with Crippen molar-refractivity contribution in [3.8, 4) is 0 Å². The Hall–Kier alpha value is -0.520. The highest BCUT2D eigenvalue weighted by molar-refractivity contribution is 14.1. The van der Waals surface area contributed by atoms with Crippen LogP contribution in [0.1, 0.15) is 4.88 Å². The summed E-state index contributed by atoms with van der Waals surface area (Å²) < 4.78 is 0.985. The summed E-state index contributed by atoms with van der Waals surface area (Å²) in [6, 6.07) is 0. The first-order chi connectivity index (χ1) is 7.65. The molecule has 0 radical (unpaired) electrons. The topological polar surface area (TPSA) is 83.3 Å². The summed E-state index contributed by atoms with van der Waals surface area (Å²) in [4.78, 5) is 17.6. The number of halogens is 1. The predicted octanol–water partition coefficient (Wildman–Crippen LogP) is 0.218. The molecule has 1 saturated heterocycles. The number of hydrazine groups is 1. The van der Waals surface area contributed by atoms with Crippen LogP contribution in [0, 0.1) is 13.1 Å². The summed E-state index contributed by atoms with van der Waals surface area (Å²) in [7, 11) is 0. The van der Waals surface area contributed by atoms with Gasteiger partial charge in [-0.1, -0.05) is 0 Å². The highest BCUT2D eigenvalue weighted by Crippen LogP contribution is 2.18. The van der Waals surface area contributed by atoms with Crippen LogP contribution in [-0.2, 0) is 6.54 Å². The van der Waals surface area contributed by atoms with Crippen LogP contribution >= 0.6 is 33.9 Å². The largest absolute Gasteiger partial charge is 0.279 e. The monoisotopic (exact) mass is 355 g/mol. The highest BCUT2D eigenvalue weighted by Gasteiger charge is 2.27. The van der Waals surface area contributed by atoms with Crippen LogP contribution in [0.25, 0.3) is 0 Å². The maximum Gasteiger partial charge on any atom is 0.192 e. The minimum absolute atomic E-state index is 0.394. The number of rotatable bonds is 4. The summed E-state index contributed by atoms with van der Waals surface area (Å²) in [5.74, 6) is 0. The van der Waals surface area contributed by atoms with Gasteiger partial charge in [-0.3, -0.25) is 10.2 Å². The van der Waals surface area contributed by atoms with E-state index in [0.717, 1.165) is 21.0 Å². The van der Waals surface area contributed by atoms with Gasteiger partial charge in [-0.05, 0) is 22.6 Å². The van der Waals surface area contributed by atoms with Gasteiger partial charge in [-0.25, -0.2) is 15.1 Å². The van der Waals surface area contributed by atoms with E-state index in [1.54, 1.807) is 11.3 Å². The summed E-state index contributed by atoms with van der Waals surface area (Å²) in [5, 5.41) is 12.9. The van der Waals surface area contributed by atoms with Gasteiger partial charge in [0.1, 0.15) is 0 Å². The first-order valence-corrected chi connectivity index (χ1v) is 6.53. The SMILES string of the molecule is O=[N+]([O-])NC1NCCN1Cc1cnc(I)s1. The van der Waals surface area contributed by atoms with Gasteiger partial charge in [0, 0.05) is 30.7 Å². The van der Waals surface area contributed by atoms with Gasteiger partial charge in [-0.15, -0.1) is 16.8 Å².